The molecule has 0 spiro atoms. The molecule has 2 unspecified atom stereocenters. The zero-order valence-electron chi connectivity index (χ0n) is 21.2. The van der Waals surface area contributed by atoms with Crippen LogP contribution in [-0.2, 0) is 33.3 Å². The van der Waals surface area contributed by atoms with Gasteiger partial charge in [0, 0.05) is 26.7 Å². The van der Waals surface area contributed by atoms with Crippen LogP contribution in [0.25, 0.3) is 0 Å². The molecule has 1 aliphatic heterocycles. The van der Waals surface area contributed by atoms with E-state index in [9.17, 15) is 14.4 Å². The molecule has 0 radical (unpaired) electrons. The van der Waals surface area contributed by atoms with Gasteiger partial charge in [-0.15, -0.1) is 0 Å². The highest BCUT2D eigenvalue weighted by molar-refractivity contribution is 5.67. The molecule has 33 heavy (non-hydrogen) atoms. The Morgan fingerprint density at radius 3 is 2.36 bits per heavy atom. The topological polar surface area (TPSA) is 88.1 Å². The van der Waals surface area contributed by atoms with Crippen LogP contribution < -0.4 is 0 Å². The van der Waals surface area contributed by atoms with E-state index >= 15 is 0 Å². The van der Waals surface area contributed by atoms with Gasteiger partial charge in [0.05, 0.1) is 6.61 Å². The van der Waals surface area contributed by atoms with Crippen LogP contribution >= 0.6 is 0 Å². The van der Waals surface area contributed by atoms with Crippen molar-refractivity contribution < 1.29 is 33.3 Å². The van der Waals surface area contributed by atoms with Crippen LogP contribution in [0, 0.1) is 5.92 Å². The average molecular weight is 465 g/mol. The summed E-state index contributed by atoms with van der Waals surface area (Å²) in [7, 11) is 0. The Kier molecular flexibility index (Phi) is 12.1. The second-order valence-electron chi connectivity index (χ2n) is 9.10. The first kappa shape index (κ1) is 28.6. The number of ether oxygens (including phenoxy) is 4. The molecule has 7 nitrogen and oxygen atoms in total. The van der Waals surface area contributed by atoms with E-state index in [1.54, 1.807) is 0 Å². The third-order valence-corrected chi connectivity index (χ3v) is 5.60. The van der Waals surface area contributed by atoms with Gasteiger partial charge in [0.2, 0.25) is 0 Å². The highest BCUT2D eigenvalue weighted by Gasteiger charge is 2.39. The zero-order valence-corrected chi connectivity index (χ0v) is 21.2. The standard InChI is InChI=1S/C26H40O7/c1-18(2)10-12-24(32-21(5)28)19(3)9-8-15-26(7)25(33-22(6)29)13-11-23(17-31-26)14-16-30-20(4)27/h10,12,14,19,25H,8-9,11,13,15-17H2,1-7H3/b23-14+,24-12-/t19?,25-,26?/m1/s1. The molecule has 186 valence electrons. The van der Waals surface area contributed by atoms with Gasteiger partial charge in [-0.25, -0.2) is 0 Å². The summed E-state index contributed by atoms with van der Waals surface area (Å²) >= 11 is 0. The van der Waals surface area contributed by atoms with Gasteiger partial charge in [-0.1, -0.05) is 18.6 Å². The Hall–Kier alpha value is -2.41. The molecular formula is C26H40O7. The first-order chi connectivity index (χ1) is 15.4. The van der Waals surface area contributed by atoms with Gasteiger partial charge in [-0.3, -0.25) is 14.4 Å². The Morgan fingerprint density at radius 2 is 1.79 bits per heavy atom. The van der Waals surface area contributed by atoms with Crippen molar-refractivity contribution in [3.63, 3.8) is 0 Å². The number of hydrogen-bond acceptors (Lipinski definition) is 7. The number of carbonyl (C=O) groups excluding carboxylic acids is 3. The lowest BCUT2D eigenvalue weighted by atomic mass is 9.88. The molecular weight excluding hydrogens is 424 g/mol. The van der Waals surface area contributed by atoms with Crippen molar-refractivity contribution in [2.75, 3.05) is 13.2 Å². The van der Waals surface area contributed by atoms with Crippen LogP contribution in [0.1, 0.15) is 80.6 Å². The Morgan fingerprint density at radius 1 is 1.09 bits per heavy atom. The normalized spacial score (nSPS) is 23.3. The third-order valence-electron chi connectivity index (χ3n) is 5.60. The fraction of sp³-hybridized carbons (Fsp3) is 0.654. The monoisotopic (exact) mass is 464 g/mol. The first-order valence-electron chi connectivity index (χ1n) is 11.6. The van der Waals surface area contributed by atoms with Gasteiger partial charge in [0.1, 0.15) is 24.1 Å². The summed E-state index contributed by atoms with van der Waals surface area (Å²) in [5.74, 6) is -0.312. The molecule has 3 atom stereocenters. The lowest BCUT2D eigenvalue weighted by Gasteiger charge is -2.35. The molecule has 0 bridgehead atoms. The molecule has 7 heteroatoms. The van der Waals surface area contributed by atoms with E-state index in [2.05, 4.69) is 0 Å². The van der Waals surface area contributed by atoms with E-state index in [-0.39, 0.29) is 36.5 Å². The molecule has 0 aromatic rings. The van der Waals surface area contributed by atoms with Gasteiger partial charge in [0.25, 0.3) is 0 Å². The highest BCUT2D eigenvalue weighted by Crippen LogP contribution is 2.34. The fourth-order valence-corrected chi connectivity index (χ4v) is 3.71. The van der Waals surface area contributed by atoms with Crippen molar-refractivity contribution in [2.45, 2.75) is 92.3 Å². The van der Waals surface area contributed by atoms with Crippen molar-refractivity contribution in [3.05, 3.63) is 35.1 Å². The lowest BCUT2D eigenvalue weighted by molar-refractivity contribution is -0.167. The van der Waals surface area contributed by atoms with Gasteiger partial charge < -0.3 is 18.9 Å². The smallest absolute Gasteiger partial charge is 0.307 e. The predicted octanol–water partition coefficient (Wildman–Crippen LogP) is 5.20. The molecule has 1 fully saturated rings. The summed E-state index contributed by atoms with van der Waals surface area (Å²) in [6.45, 7) is 12.8. The van der Waals surface area contributed by atoms with Crippen LogP contribution in [0.3, 0.4) is 0 Å². The number of carbonyl (C=O) groups is 3. The molecule has 0 N–H and O–H groups in total. The van der Waals surface area contributed by atoms with E-state index in [0.717, 1.165) is 24.0 Å². The fourth-order valence-electron chi connectivity index (χ4n) is 3.71. The number of hydrogen-bond donors (Lipinski definition) is 0. The number of esters is 3. The predicted molar refractivity (Wildman–Crippen MR) is 126 cm³/mol. The lowest BCUT2D eigenvalue weighted by Crippen LogP contribution is -2.43. The molecule has 1 saturated heterocycles. The van der Waals surface area contributed by atoms with Crippen molar-refractivity contribution in [1.82, 2.24) is 0 Å². The molecule has 0 aliphatic carbocycles. The summed E-state index contributed by atoms with van der Waals surface area (Å²) in [4.78, 5) is 34.3. The van der Waals surface area contributed by atoms with Crippen LogP contribution in [0.15, 0.2) is 35.1 Å². The maximum atomic E-state index is 11.7. The second kappa shape index (κ2) is 14.0. The minimum absolute atomic E-state index is 0.0465. The van der Waals surface area contributed by atoms with Crippen LogP contribution in [0.4, 0.5) is 0 Å². The third kappa shape index (κ3) is 11.3. The van der Waals surface area contributed by atoms with Crippen LogP contribution in [-0.4, -0.2) is 42.8 Å². The largest absolute Gasteiger partial charge is 0.462 e. The summed E-state index contributed by atoms with van der Waals surface area (Å²) in [5, 5.41) is 0. The van der Waals surface area contributed by atoms with Gasteiger partial charge in [-0.05, 0) is 70.6 Å². The molecule has 1 rings (SSSR count). The first-order valence-corrected chi connectivity index (χ1v) is 11.6. The Labute approximate surface area is 198 Å². The van der Waals surface area contributed by atoms with Crippen molar-refractivity contribution in [2.24, 2.45) is 5.92 Å². The average Bonchev–Trinajstić information content (AvgIpc) is 2.84. The van der Waals surface area contributed by atoms with E-state index < -0.39 is 5.60 Å². The molecule has 0 aromatic carbocycles. The summed E-state index contributed by atoms with van der Waals surface area (Å²) in [6.07, 6.45) is 8.88. The highest BCUT2D eigenvalue weighted by atomic mass is 16.6. The SMILES string of the molecule is CC(=O)OC/C=C1\CC[C@@H](OC(C)=O)C(C)(CCCC(C)/C(=C/C=C(C)C)OC(C)=O)OC1. The molecule has 0 saturated carbocycles. The molecule has 1 aliphatic rings. The second-order valence-corrected chi connectivity index (χ2v) is 9.10. The molecule has 1 heterocycles. The van der Waals surface area contributed by atoms with Gasteiger partial charge >= 0.3 is 17.9 Å². The number of rotatable bonds is 10. The van der Waals surface area contributed by atoms with Crippen molar-refractivity contribution >= 4 is 17.9 Å². The maximum Gasteiger partial charge on any atom is 0.307 e. The minimum atomic E-state index is -0.645. The van der Waals surface area contributed by atoms with E-state index in [1.807, 2.05) is 45.9 Å². The maximum absolute atomic E-state index is 11.7. The summed E-state index contributed by atoms with van der Waals surface area (Å²) < 4.78 is 22.3. The van der Waals surface area contributed by atoms with E-state index in [1.165, 1.54) is 20.8 Å². The van der Waals surface area contributed by atoms with E-state index in [4.69, 9.17) is 18.9 Å². The Bertz CT molecular complexity index is 774. The Balaban J connectivity index is 2.86. The summed E-state index contributed by atoms with van der Waals surface area (Å²) in [6, 6.07) is 0. The van der Waals surface area contributed by atoms with Crippen molar-refractivity contribution in [1.29, 1.82) is 0 Å². The molecule has 0 amide bonds. The van der Waals surface area contributed by atoms with Crippen LogP contribution in [0.5, 0.6) is 0 Å². The van der Waals surface area contributed by atoms with Crippen molar-refractivity contribution in [3.8, 4) is 0 Å². The molecule has 0 aromatic heterocycles. The quantitative estimate of drug-likeness (QED) is 0.144. The van der Waals surface area contributed by atoms with Crippen LogP contribution in [0.2, 0.25) is 0 Å². The zero-order chi connectivity index (χ0) is 25.0. The summed E-state index contributed by atoms with van der Waals surface area (Å²) in [5.41, 5.74) is 1.49. The van der Waals surface area contributed by atoms with Gasteiger partial charge in [-0.2, -0.15) is 0 Å². The van der Waals surface area contributed by atoms with E-state index in [0.29, 0.717) is 31.6 Å². The van der Waals surface area contributed by atoms with Gasteiger partial charge in [0.15, 0.2) is 0 Å². The number of allylic oxidation sites excluding steroid dienone is 4. The minimum Gasteiger partial charge on any atom is -0.462 e.